The van der Waals surface area contributed by atoms with Crippen molar-refractivity contribution in [3.8, 4) is 0 Å². The van der Waals surface area contributed by atoms with E-state index in [-0.39, 0.29) is 16.8 Å². The second kappa shape index (κ2) is 5.75. The molecule has 0 aromatic heterocycles. The Labute approximate surface area is 125 Å². The van der Waals surface area contributed by atoms with E-state index in [4.69, 9.17) is 5.14 Å². The first-order chi connectivity index (χ1) is 9.72. The fourth-order valence-electron chi connectivity index (χ4n) is 2.47. The second-order valence-electron chi connectivity index (χ2n) is 5.67. The lowest BCUT2D eigenvalue weighted by molar-refractivity contribution is -0.127. The minimum atomic E-state index is -3.69. The average Bonchev–Trinajstić information content (AvgIpc) is 2.86. The molecule has 1 heterocycles. The van der Waals surface area contributed by atoms with Crippen LogP contribution in [0.15, 0.2) is 29.2 Å². The van der Waals surface area contributed by atoms with E-state index in [1.54, 1.807) is 12.1 Å². The van der Waals surface area contributed by atoms with Gasteiger partial charge >= 0.3 is 0 Å². The Morgan fingerprint density at radius 2 is 2.00 bits per heavy atom. The monoisotopic (exact) mass is 311 g/mol. The van der Waals surface area contributed by atoms with Crippen LogP contribution < -0.4 is 15.8 Å². The molecule has 0 spiro atoms. The number of sulfonamides is 1. The molecule has 1 aliphatic heterocycles. The van der Waals surface area contributed by atoms with E-state index in [9.17, 15) is 13.2 Å². The van der Waals surface area contributed by atoms with Crippen LogP contribution in [0.5, 0.6) is 0 Å². The van der Waals surface area contributed by atoms with Crippen LogP contribution in [0.25, 0.3) is 0 Å². The maximum atomic E-state index is 12.3. The first kappa shape index (κ1) is 15.9. The van der Waals surface area contributed by atoms with Crippen molar-refractivity contribution in [2.24, 2.45) is 5.14 Å². The second-order valence-corrected chi connectivity index (χ2v) is 7.23. The van der Waals surface area contributed by atoms with Crippen molar-refractivity contribution < 1.29 is 13.2 Å². The fraction of sp³-hybridized carbons (Fsp3) is 0.500. The number of amides is 1. The van der Waals surface area contributed by atoms with Crippen LogP contribution in [-0.2, 0) is 14.8 Å². The van der Waals surface area contributed by atoms with Crippen molar-refractivity contribution in [2.75, 3.05) is 6.54 Å². The zero-order valence-corrected chi connectivity index (χ0v) is 13.0. The Balaban J connectivity index is 2.06. The van der Waals surface area contributed by atoms with Crippen LogP contribution in [0.2, 0.25) is 0 Å². The minimum absolute atomic E-state index is 0.0389. The molecular weight excluding hydrogens is 290 g/mol. The van der Waals surface area contributed by atoms with Crippen LogP contribution in [0.4, 0.5) is 0 Å². The number of hydrogen-bond donors (Lipinski definition) is 3. The maximum absolute atomic E-state index is 12.3. The number of nitrogens with two attached hydrogens (primary N) is 1. The largest absolute Gasteiger partial charge is 0.348 e. The molecule has 0 bridgehead atoms. The highest BCUT2D eigenvalue weighted by atomic mass is 32.2. The third kappa shape index (κ3) is 3.61. The van der Waals surface area contributed by atoms with E-state index in [0.717, 1.165) is 24.9 Å². The lowest BCUT2D eigenvalue weighted by atomic mass is 9.98. The van der Waals surface area contributed by atoms with E-state index in [1.165, 1.54) is 12.1 Å². The minimum Gasteiger partial charge on any atom is -0.348 e. The SMILES string of the molecule is CC(NC(=O)C1(C)CCCN1)c1ccc(S(N)(=O)=O)cc1. The zero-order chi connectivity index (χ0) is 15.7. The summed E-state index contributed by atoms with van der Waals surface area (Å²) >= 11 is 0. The van der Waals surface area contributed by atoms with Crippen LogP contribution in [0.3, 0.4) is 0 Å². The van der Waals surface area contributed by atoms with Crippen LogP contribution in [0, 0.1) is 0 Å². The van der Waals surface area contributed by atoms with Gasteiger partial charge in [0.15, 0.2) is 0 Å². The Morgan fingerprint density at radius 1 is 1.38 bits per heavy atom. The Hall–Kier alpha value is -1.44. The molecule has 2 atom stereocenters. The molecule has 0 aliphatic carbocycles. The topological polar surface area (TPSA) is 101 Å². The molecule has 2 unspecified atom stereocenters. The van der Waals surface area contributed by atoms with Crippen molar-refractivity contribution in [1.82, 2.24) is 10.6 Å². The summed E-state index contributed by atoms with van der Waals surface area (Å²) in [6.45, 7) is 4.61. The molecule has 0 radical (unpaired) electrons. The molecule has 2 rings (SSSR count). The summed E-state index contributed by atoms with van der Waals surface area (Å²) in [6, 6.07) is 6.02. The van der Waals surface area contributed by atoms with Gasteiger partial charge in [0.05, 0.1) is 16.5 Å². The van der Waals surface area contributed by atoms with Gasteiger partial charge in [-0.25, -0.2) is 13.6 Å². The highest BCUT2D eigenvalue weighted by molar-refractivity contribution is 7.89. The number of carbonyl (C=O) groups is 1. The van der Waals surface area contributed by atoms with Gasteiger partial charge in [0.2, 0.25) is 15.9 Å². The molecule has 6 nitrogen and oxygen atoms in total. The summed E-state index contributed by atoms with van der Waals surface area (Å²) in [5.74, 6) is -0.0389. The van der Waals surface area contributed by atoms with Gasteiger partial charge in [-0.2, -0.15) is 0 Å². The standard InChI is InChI=1S/C14H21N3O3S/c1-10(17-13(18)14(2)8-3-9-16-14)11-4-6-12(7-5-11)21(15,19)20/h4-7,10,16H,3,8-9H2,1-2H3,(H,17,18)(H2,15,19,20). The summed E-state index contributed by atoms with van der Waals surface area (Å²) < 4.78 is 22.4. The van der Waals surface area contributed by atoms with Crippen LogP contribution in [-0.4, -0.2) is 26.4 Å². The molecule has 4 N–H and O–H groups in total. The smallest absolute Gasteiger partial charge is 0.240 e. The number of benzene rings is 1. The number of primary sulfonamides is 1. The Morgan fingerprint density at radius 3 is 2.48 bits per heavy atom. The van der Waals surface area contributed by atoms with Gasteiger partial charge in [-0.1, -0.05) is 12.1 Å². The van der Waals surface area contributed by atoms with Crippen molar-refractivity contribution in [3.63, 3.8) is 0 Å². The van der Waals surface area contributed by atoms with Gasteiger partial charge in [0.1, 0.15) is 0 Å². The third-order valence-corrected chi connectivity index (χ3v) is 4.86. The Bertz CT molecular complexity index is 619. The highest BCUT2D eigenvalue weighted by Gasteiger charge is 2.36. The molecular formula is C14H21N3O3S. The van der Waals surface area contributed by atoms with Crippen LogP contribution >= 0.6 is 0 Å². The normalized spacial score (nSPS) is 23.8. The predicted molar refractivity (Wildman–Crippen MR) is 80.0 cm³/mol. The third-order valence-electron chi connectivity index (χ3n) is 3.93. The molecule has 1 aromatic rings. The van der Waals surface area contributed by atoms with Crippen LogP contribution in [0.1, 0.15) is 38.3 Å². The lowest BCUT2D eigenvalue weighted by Gasteiger charge is -2.26. The van der Waals surface area contributed by atoms with Crippen molar-refractivity contribution in [2.45, 2.75) is 43.2 Å². The first-order valence-electron chi connectivity index (χ1n) is 6.91. The molecule has 1 aromatic carbocycles. The molecule has 1 aliphatic rings. The van der Waals surface area contributed by atoms with E-state index >= 15 is 0 Å². The van der Waals surface area contributed by atoms with Gasteiger partial charge in [0, 0.05) is 0 Å². The number of hydrogen-bond acceptors (Lipinski definition) is 4. The summed E-state index contributed by atoms with van der Waals surface area (Å²) in [5, 5.41) is 11.2. The molecule has 21 heavy (non-hydrogen) atoms. The highest BCUT2D eigenvalue weighted by Crippen LogP contribution is 2.21. The number of carbonyl (C=O) groups excluding carboxylic acids is 1. The van der Waals surface area contributed by atoms with Crippen molar-refractivity contribution in [1.29, 1.82) is 0 Å². The maximum Gasteiger partial charge on any atom is 0.240 e. The molecule has 7 heteroatoms. The fourth-order valence-corrected chi connectivity index (χ4v) is 2.99. The molecule has 1 fully saturated rings. The van der Waals surface area contributed by atoms with E-state index in [0.29, 0.717) is 0 Å². The number of rotatable bonds is 4. The van der Waals surface area contributed by atoms with Gasteiger partial charge in [-0.3, -0.25) is 4.79 Å². The molecule has 1 saturated heterocycles. The zero-order valence-electron chi connectivity index (χ0n) is 12.2. The quantitative estimate of drug-likeness (QED) is 0.760. The first-order valence-corrected chi connectivity index (χ1v) is 8.46. The Kier molecular flexibility index (Phi) is 4.36. The summed E-state index contributed by atoms with van der Waals surface area (Å²) in [5.41, 5.74) is 0.312. The molecule has 116 valence electrons. The molecule has 0 saturated carbocycles. The summed E-state index contributed by atoms with van der Waals surface area (Å²) in [4.78, 5) is 12.4. The van der Waals surface area contributed by atoms with Gasteiger partial charge in [-0.15, -0.1) is 0 Å². The van der Waals surface area contributed by atoms with Gasteiger partial charge in [-0.05, 0) is 50.9 Å². The lowest BCUT2D eigenvalue weighted by Crippen LogP contribution is -2.51. The van der Waals surface area contributed by atoms with Crippen molar-refractivity contribution in [3.05, 3.63) is 29.8 Å². The average molecular weight is 311 g/mol. The number of nitrogens with one attached hydrogen (secondary N) is 2. The summed E-state index contributed by atoms with van der Waals surface area (Å²) in [6.07, 6.45) is 1.80. The molecule has 1 amide bonds. The predicted octanol–water partition coefficient (Wildman–Crippen LogP) is 0.653. The van der Waals surface area contributed by atoms with E-state index < -0.39 is 15.6 Å². The van der Waals surface area contributed by atoms with Crippen molar-refractivity contribution >= 4 is 15.9 Å². The summed E-state index contributed by atoms with van der Waals surface area (Å²) in [7, 11) is -3.69. The van der Waals surface area contributed by atoms with E-state index in [2.05, 4.69) is 10.6 Å². The van der Waals surface area contributed by atoms with Gasteiger partial charge < -0.3 is 10.6 Å². The van der Waals surface area contributed by atoms with Gasteiger partial charge in [0.25, 0.3) is 0 Å². The van der Waals surface area contributed by atoms with E-state index in [1.807, 2.05) is 13.8 Å².